The number of nitrogens with zero attached hydrogens (tertiary/aromatic N) is 1. The van der Waals surface area contributed by atoms with Crippen LogP contribution in [0.1, 0.15) is 30.4 Å². The SMILES string of the molecule is O=C(O)C[C@@H](Cc1ccc(-c2cccc(Cl)c2)cc1)NC(=O)CCC1=Nc2ccccc2C1. The molecule has 3 aromatic carbocycles. The van der Waals surface area contributed by atoms with Crippen molar-refractivity contribution in [3.05, 3.63) is 88.9 Å². The highest BCUT2D eigenvalue weighted by Crippen LogP contribution is 2.27. The highest BCUT2D eigenvalue weighted by molar-refractivity contribution is 6.30. The summed E-state index contributed by atoms with van der Waals surface area (Å²) in [5, 5.41) is 12.9. The number of aliphatic carboxylic acids is 1. The third-order valence-corrected chi connectivity index (χ3v) is 5.92. The normalized spacial score (nSPS) is 13.2. The van der Waals surface area contributed by atoms with Crippen LogP contribution in [0.3, 0.4) is 0 Å². The molecule has 0 aliphatic carbocycles. The van der Waals surface area contributed by atoms with Crippen LogP contribution < -0.4 is 5.32 Å². The Kier molecular flexibility index (Phi) is 7.20. The smallest absolute Gasteiger partial charge is 0.305 e. The van der Waals surface area contributed by atoms with E-state index >= 15 is 0 Å². The second-order valence-electron chi connectivity index (χ2n) is 8.26. The van der Waals surface area contributed by atoms with Crippen LogP contribution in [0.5, 0.6) is 0 Å². The number of amides is 1. The Balaban J connectivity index is 1.34. The molecule has 3 aromatic rings. The maximum absolute atomic E-state index is 12.6. The largest absolute Gasteiger partial charge is 0.481 e. The molecule has 168 valence electrons. The number of carbonyl (C=O) groups is 2. The Morgan fingerprint density at radius 2 is 1.79 bits per heavy atom. The van der Waals surface area contributed by atoms with Crippen LogP contribution in [0.4, 0.5) is 5.69 Å². The van der Waals surface area contributed by atoms with Crippen LogP contribution in [-0.2, 0) is 22.4 Å². The van der Waals surface area contributed by atoms with E-state index in [1.807, 2.05) is 72.8 Å². The predicted octanol–water partition coefficient (Wildman–Crippen LogP) is 5.62. The number of rotatable bonds is 9. The van der Waals surface area contributed by atoms with Crippen LogP contribution in [0.25, 0.3) is 11.1 Å². The lowest BCUT2D eigenvalue weighted by atomic mass is 9.99. The lowest BCUT2D eigenvalue weighted by molar-refractivity contribution is -0.137. The van der Waals surface area contributed by atoms with Gasteiger partial charge in [-0.1, -0.05) is 66.2 Å². The molecule has 0 unspecified atom stereocenters. The summed E-state index contributed by atoms with van der Waals surface area (Å²) in [4.78, 5) is 28.5. The average Bonchev–Trinajstić information content (AvgIpc) is 3.21. The van der Waals surface area contributed by atoms with Crippen molar-refractivity contribution in [2.75, 3.05) is 0 Å². The molecule has 0 saturated carbocycles. The number of carbonyl (C=O) groups excluding carboxylic acids is 1. The van der Waals surface area contributed by atoms with Crippen LogP contribution >= 0.6 is 11.6 Å². The van der Waals surface area contributed by atoms with Crippen LogP contribution in [0.2, 0.25) is 5.02 Å². The number of aliphatic imine (C=N–C) groups is 1. The molecule has 1 amide bonds. The first-order valence-electron chi connectivity index (χ1n) is 11.0. The number of nitrogens with one attached hydrogen (secondary N) is 1. The molecule has 0 radical (unpaired) electrons. The van der Waals surface area contributed by atoms with Gasteiger partial charge >= 0.3 is 5.97 Å². The Bertz CT molecular complexity index is 1190. The molecule has 0 bridgehead atoms. The van der Waals surface area contributed by atoms with E-state index in [2.05, 4.69) is 10.3 Å². The van der Waals surface area contributed by atoms with E-state index in [0.717, 1.165) is 34.5 Å². The summed E-state index contributed by atoms with van der Waals surface area (Å²) >= 11 is 6.08. The fourth-order valence-corrected chi connectivity index (χ4v) is 4.26. The van der Waals surface area contributed by atoms with Gasteiger partial charge in [-0.3, -0.25) is 14.6 Å². The zero-order valence-electron chi connectivity index (χ0n) is 18.1. The zero-order valence-corrected chi connectivity index (χ0v) is 18.9. The fourth-order valence-electron chi connectivity index (χ4n) is 4.07. The molecular formula is C27H25ClN2O3. The van der Waals surface area contributed by atoms with Gasteiger partial charge in [0, 0.05) is 29.6 Å². The maximum atomic E-state index is 12.6. The molecule has 2 N–H and O–H groups in total. The zero-order chi connectivity index (χ0) is 23.2. The lowest BCUT2D eigenvalue weighted by Crippen LogP contribution is -2.38. The molecule has 0 saturated heterocycles. The molecule has 6 heteroatoms. The molecule has 1 atom stereocenters. The van der Waals surface area contributed by atoms with Crippen molar-refractivity contribution in [3.8, 4) is 11.1 Å². The second kappa shape index (κ2) is 10.5. The Hall–Kier alpha value is -3.44. The van der Waals surface area contributed by atoms with Crippen molar-refractivity contribution in [1.82, 2.24) is 5.32 Å². The summed E-state index contributed by atoms with van der Waals surface area (Å²) in [5.74, 6) is -1.10. The summed E-state index contributed by atoms with van der Waals surface area (Å²) in [7, 11) is 0. The number of benzene rings is 3. The molecule has 0 spiro atoms. The lowest BCUT2D eigenvalue weighted by Gasteiger charge is -2.17. The van der Waals surface area contributed by atoms with Gasteiger partial charge in [-0.25, -0.2) is 0 Å². The summed E-state index contributed by atoms with van der Waals surface area (Å²) in [6, 6.07) is 23.0. The van der Waals surface area contributed by atoms with E-state index in [-0.39, 0.29) is 18.7 Å². The highest BCUT2D eigenvalue weighted by atomic mass is 35.5. The predicted molar refractivity (Wildman–Crippen MR) is 131 cm³/mol. The van der Waals surface area contributed by atoms with Crippen molar-refractivity contribution in [1.29, 1.82) is 0 Å². The van der Waals surface area contributed by atoms with E-state index in [1.54, 1.807) is 0 Å². The third-order valence-electron chi connectivity index (χ3n) is 5.69. The van der Waals surface area contributed by atoms with Crippen molar-refractivity contribution in [3.63, 3.8) is 0 Å². The van der Waals surface area contributed by atoms with Crippen molar-refractivity contribution >= 4 is 34.9 Å². The van der Waals surface area contributed by atoms with Crippen LogP contribution in [-0.4, -0.2) is 28.7 Å². The van der Waals surface area contributed by atoms with E-state index < -0.39 is 12.0 Å². The molecule has 1 aliphatic rings. The van der Waals surface area contributed by atoms with Gasteiger partial charge in [0.05, 0.1) is 12.1 Å². The number of para-hydroxylation sites is 1. The average molecular weight is 461 g/mol. The first-order chi connectivity index (χ1) is 16.0. The number of fused-ring (bicyclic) bond motifs is 1. The maximum Gasteiger partial charge on any atom is 0.305 e. The minimum Gasteiger partial charge on any atom is -0.481 e. The molecule has 0 fully saturated rings. The van der Waals surface area contributed by atoms with E-state index in [9.17, 15) is 14.7 Å². The number of hydrogen-bond acceptors (Lipinski definition) is 3. The molecule has 1 aliphatic heterocycles. The minimum atomic E-state index is -0.938. The first kappa shape index (κ1) is 22.7. The van der Waals surface area contributed by atoms with Crippen molar-refractivity contribution in [2.45, 2.75) is 38.1 Å². The monoisotopic (exact) mass is 460 g/mol. The van der Waals surface area contributed by atoms with Gasteiger partial charge in [-0.15, -0.1) is 0 Å². The third kappa shape index (κ3) is 6.30. The number of halogens is 1. The fraction of sp³-hybridized carbons (Fsp3) is 0.222. The molecular weight excluding hydrogens is 436 g/mol. The van der Waals surface area contributed by atoms with Gasteiger partial charge in [0.1, 0.15) is 0 Å². The standard InChI is InChI=1S/C27H25ClN2O3/c28-22-6-3-5-20(15-22)19-10-8-18(9-11-19)14-24(17-27(32)33)30-26(31)13-12-23-16-21-4-1-2-7-25(21)29-23/h1-11,15,24H,12-14,16-17H2,(H,30,31)(H,32,33)/t24-/m1/s1. The summed E-state index contributed by atoms with van der Waals surface area (Å²) in [5.41, 5.74) is 6.14. The molecule has 5 nitrogen and oxygen atoms in total. The van der Waals surface area contributed by atoms with E-state index in [4.69, 9.17) is 11.6 Å². The van der Waals surface area contributed by atoms with Gasteiger partial charge in [-0.2, -0.15) is 0 Å². The van der Waals surface area contributed by atoms with Gasteiger partial charge in [0.2, 0.25) is 5.91 Å². The minimum absolute atomic E-state index is 0.131. The summed E-state index contributed by atoms with van der Waals surface area (Å²) in [6.07, 6.45) is 1.93. The molecule has 4 rings (SSSR count). The Labute approximate surface area is 198 Å². The second-order valence-corrected chi connectivity index (χ2v) is 8.69. The summed E-state index contributed by atoms with van der Waals surface area (Å²) < 4.78 is 0. The van der Waals surface area contributed by atoms with Crippen LogP contribution in [0.15, 0.2) is 77.8 Å². The Morgan fingerprint density at radius 3 is 2.52 bits per heavy atom. The number of carboxylic acids is 1. The number of hydrogen-bond donors (Lipinski definition) is 2. The topological polar surface area (TPSA) is 78.8 Å². The van der Waals surface area contributed by atoms with Crippen molar-refractivity contribution in [2.24, 2.45) is 4.99 Å². The molecule has 33 heavy (non-hydrogen) atoms. The Morgan fingerprint density at radius 1 is 1.00 bits per heavy atom. The highest BCUT2D eigenvalue weighted by Gasteiger charge is 2.19. The quantitative estimate of drug-likeness (QED) is 0.435. The molecule has 1 heterocycles. The number of carboxylic acid groups (broad SMARTS) is 1. The van der Waals surface area contributed by atoms with Crippen LogP contribution in [0, 0.1) is 0 Å². The van der Waals surface area contributed by atoms with Gasteiger partial charge in [0.25, 0.3) is 0 Å². The van der Waals surface area contributed by atoms with Gasteiger partial charge in [0.15, 0.2) is 0 Å². The molecule has 0 aromatic heterocycles. The summed E-state index contributed by atoms with van der Waals surface area (Å²) in [6.45, 7) is 0. The van der Waals surface area contributed by atoms with Crippen molar-refractivity contribution < 1.29 is 14.7 Å². The van der Waals surface area contributed by atoms with E-state index in [0.29, 0.717) is 17.9 Å². The first-order valence-corrected chi connectivity index (χ1v) is 11.3. The van der Waals surface area contributed by atoms with Gasteiger partial charge in [-0.05, 0) is 53.3 Å². The van der Waals surface area contributed by atoms with Gasteiger partial charge < -0.3 is 10.4 Å². The van der Waals surface area contributed by atoms with E-state index in [1.165, 1.54) is 5.56 Å².